The Morgan fingerprint density at radius 3 is 0.891 bits per heavy atom. The van der Waals surface area contributed by atoms with Crippen molar-refractivity contribution in [2.75, 3.05) is 185 Å². The summed E-state index contributed by atoms with van der Waals surface area (Å²) in [6, 6.07) is 0. The molecule has 23 heteroatoms. The fourth-order valence-electron chi connectivity index (χ4n) is 4.37. The zero-order valence-electron chi connectivity index (χ0n) is 37.6. The molecule has 0 aliphatic carbocycles. The minimum atomic E-state index is -2.35. The van der Waals surface area contributed by atoms with Gasteiger partial charge in [-0.25, -0.2) is 18.0 Å². The standard InChI is InChI=1S/C41H68F5NO17/c1-41(2,3)64-40(49)47(4)6-8-51-10-12-53-14-16-55-18-20-57-22-24-59-26-28-61-30-32-62-31-29-60-27-25-58-23-21-56-19-17-54-15-13-52-11-9-50-7-5-33(48)63-39-37(45)35(43)34(42)36(44)38(39)46/h5-32H2,1-4H3. The number of carbonyl (C=O) groups is 2. The summed E-state index contributed by atoms with van der Waals surface area (Å²) in [4.78, 5) is 25.0. The van der Waals surface area contributed by atoms with E-state index in [4.69, 9.17) is 66.3 Å². The number of rotatable bonds is 43. The third-order valence-corrected chi connectivity index (χ3v) is 7.58. The Balaban J connectivity index is 1.70. The summed E-state index contributed by atoms with van der Waals surface area (Å²) < 4.78 is 147. The molecule has 0 radical (unpaired) electrons. The Labute approximate surface area is 372 Å². The van der Waals surface area contributed by atoms with E-state index in [0.717, 1.165) is 0 Å². The van der Waals surface area contributed by atoms with Gasteiger partial charge in [-0.3, -0.25) is 4.79 Å². The zero-order valence-corrected chi connectivity index (χ0v) is 37.6. The Bertz CT molecular complexity index is 1310. The average Bonchev–Trinajstić information content (AvgIpc) is 3.26. The first kappa shape index (κ1) is 59.1. The molecule has 1 amide bonds. The van der Waals surface area contributed by atoms with Crippen molar-refractivity contribution >= 4 is 12.1 Å². The molecule has 1 aromatic rings. The highest BCUT2D eigenvalue weighted by Gasteiger charge is 2.28. The largest absolute Gasteiger partial charge is 0.444 e. The van der Waals surface area contributed by atoms with Crippen LogP contribution in [0.1, 0.15) is 27.2 Å². The summed E-state index contributed by atoms with van der Waals surface area (Å²) in [5.74, 6) is -14.2. The number of carbonyl (C=O) groups excluding carboxylic acids is 2. The van der Waals surface area contributed by atoms with Crippen molar-refractivity contribution < 1.29 is 103 Å². The van der Waals surface area contributed by atoms with Gasteiger partial charge in [0.05, 0.1) is 178 Å². The van der Waals surface area contributed by atoms with E-state index in [0.29, 0.717) is 152 Å². The van der Waals surface area contributed by atoms with Crippen molar-refractivity contribution in [1.29, 1.82) is 0 Å². The number of ether oxygens (including phenoxy) is 15. The van der Waals surface area contributed by atoms with Crippen LogP contribution in [0.4, 0.5) is 26.7 Å². The molecular weight excluding hydrogens is 873 g/mol. The summed E-state index contributed by atoms with van der Waals surface area (Å²) in [5.41, 5.74) is -0.529. The molecule has 0 unspecified atom stereocenters. The molecule has 0 aliphatic rings. The number of halogens is 5. The molecule has 0 N–H and O–H groups in total. The minimum Gasteiger partial charge on any atom is -0.444 e. The van der Waals surface area contributed by atoms with E-state index < -0.39 is 52.8 Å². The van der Waals surface area contributed by atoms with Gasteiger partial charge in [0.25, 0.3) is 0 Å². The van der Waals surface area contributed by atoms with Crippen LogP contribution in [0.3, 0.4) is 0 Å². The van der Waals surface area contributed by atoms with Crippen molar-refractivity contribution in [3.8, 4) is 5.75 Å². The van der Waals surface area contributed by atoms with Crippen LogP contribution in [0.15, 0.2) is 0 Å². The van der Waals surface area contributed by atoms with Crippen molar-refractivity contribution in [1.82, 2.24) is 4.90 Å². The Hall–Kier alpha value is -2.91. The Kier molecular flexibility index (Phi) is 36.3. The van der Waals surface area contributed by atoms with Gasteiger partial charge in [0.2, 0.25) is 34.8 Å². The predicted molar refractivity (Wildman–Crippen MR) is 216 cm³/mol. The van der Waals surface area contributed by atoms with Crippen LogP contribution in [-0.2, 0) is 71.1 Å². The number of likely N-dealkylation sites (N-methyl/N-ethyl adjacent to an activating group) is 1. The minimum absolute atomic E-state index is 0.0727. The highest BCUT2D eigenvalue weighted by Crippen LogP contribution is 2.29. The van der Waals surface area contributed by atoms with E-state index >= 15 is 0 Å². The lowest BCUT2D eigenvalue weighted by atomic mass is 10.2. The number of nitrogens with zero attached hydrogens (tertiary/aromatic N) is 1. The summed E-state index contributed by atoms with van der Waals surface area (Å²) >= 11 is 0. The number of amides is 1. The molecule has 64 heavy (non-hydrogen) atoms. The Morgan fingerprint density at radius 2 is 0.625 bits per heavy atom. The van der Waals surface area contributed by atoms with E-state index in [1.165, 1.54) is 4.90 Å². The lowest BCUT2D eigenvalue weighted by molar-refractivity contribution is -0.136. The smallest absolute Gasteiger partial charge is 0.410 e. The average molecular weight is 942 g/mol. The molecule has 18 nitrogen and oxygen atoms in total. The molecule has 0 aromatic heterocycles. The number of hydrogen-bond donors (Lipinski definition) is 0. The second-order valence-electron chi connectivity index (χ2n) is 14.0. The SMILES string of the molecule is CN(CCOCCOCCOCCOCCOCCOCCOCCOCCOCCOCCOCCOCCOCCC(=O)Oc1c(F)c(F)c(F)c(F)c1F)C(=O)OC(C)(C)C. The zero-order chi connectivity index (χ0) is 47.1. The molecule has 0 heterocycles. The van der Waals surface area contributed by atoms with Gasteiger partial charge in [-0.05, 0) is 20.8 Å². The van der Waals surface area contributed by atoms with Gasteiger partial charge in [-0.15, -0.1) is 0 Å². The van der Waals surface area contributed by atoms with E-state index in [2.05, 4.69) is 4.74 Å². The van der Waals surface area contributed by atoms with Gasteiger partial charge in [0.1, 0.15) is 5.60 Å². The molecule has 374 valence electrons. The van der Waals surface area contributed by atoms with Gasteiger partial charge in [-0.1, -0.05) is 0 Å². The van der Waals surface area contributed by atoms with Crippen LogP contribution in [0, 0.1) is 29.1 Å². The summed E-state index contributed by atoms with van der Waals surface area (Å²) in [7, 11) is 1.67. The summed E-state index contributed by atoms with van der Waals surface area (Å²) in [6.07, 6.45) is -0.875. The fourth-order valence-corrected chi connectivity index (χ4v) is 4.37. The van der Waals surface area contributed by atoms with Crippen LogP contribution in [-0.4, -0.2) is 208 Å². The predicted octanol–water partition coefficient (Wildman–Crippen LogP) is 3.76. The topological polar surface area (TPSA) is 176 Å². The third kappa shape index (κ3) is 32.7. The maximum atomic E-state index is 13.6. The van der Waals surface area contributed by atoms with Crippen LogP contribution in [0.25, 0.3) is 0 Å². The first-order valence-electron chi connectivity index (χ1n) is 21.0. The molecule has 0 bridgehead atoms. The lowest BCUT2D eigenvalue weighted by Gasteiger charge is -2.24. The van der Waals surface area contributed by atoms with Gasteiger partial charge >= 0.3 is 12.1 Å². The number of hydrogen-bond acceptors (Lipinski definition) is 17. The van der Waals surface area contributed by atoms with Crippen molar-refractivity contribution in [2.24, 2.45) is 0 Å². The van der Waals surface area contributed by atoms with E-state index in [-0.39, 0.29) is 32.5 Å². The van der Waals surface area contributed by atoms with Gasteiger partial charge in [0, 0.05) is 13.6 Å². The van der Waals surface area contributed by atoms with Crippen LogP contribution < -0.4 is 4.74 Å². The normalized spacial score (nSPS) is 11.7. The van der Waals surface area contributed by atoms with Crippen molar-refractivity contribution in [2.45, 2.75) is 32.8 Å². The number of esters is 1. The van der Waals surface area contributed by atoms with E-state index in [9.17, 15) is 31.5 Å². The highest BCUT2D eigenvalue weighted by molar-refractivity contribution is 5.72. The van der Waals surface area contributed by atoms with Gasteiger partial charge in [0.15, 0.2) is 0 Å². The van der Waals surface area contributed by atoms with Crippen LogP contribution >= 0.6 is 0 Å². The molecule has 1 aromatic carbocycles. The Morgan fingerprint density at radius 1 is 0.391 bits per heavy atom. The van der Waals surface area contributed by atoms with Gasteiger partial charge < -0.3 is 76.0 Å². The van der Waals surface area contributed by atoms with E-state index in [1.54, 1.807) is 7.05 Å². The highest BCUT2D eigenvalue weighted by atomic mass is 19.2. The molecule has 0 aliphatic heterocycles. The molecule has 0 fully saturated rings. The van der Waals surface area contributed by atoms with Crippen molar-refractivity contribution in [3.05, 3.63) is 29.1 Å². The quantitative estimate of drug-likeness (QED) is 0.0231. The third-order valence-electron chi connectivity index (χ3n) is 7.58. The van der Waals surface area contributed by atoms with Crippen LogP contribution in [0.5, 0.6) is 5.75 Å². The van der Waals surface area contributed by atoms with Crippen molar-refractivity contribution in [3.63, 3.8) is 0 Å². The molecule has 0 saturated carbocycles. The second-order valence-corrected chi connectivity index (χ2v) is 14.0. The fraction of sp³-hybridized carbons (Fsp3) is 0.805. The molecule has 1 rings (SSSR count). The first-order chi connectivity index (χ1) is 30.8. The monoisotopic (exact) mass is 941 g/mol. The maximum absolute atomic E-state index is 13.6. The molecular formula is C41H68F5NO17. The molecule has 0 saturated heterocycles. The van der Waals surface area contributed by atoms with E-state index in [1.807, 2.05) is 20.8 Å². The lowest BCUT2D eigenvalue weighted by Crippen LogP contribution is -2.36. The number of benzene rings is 1. The first-order valence-corrected chi connectivity index (χ1v) is 21.0. The molecule has 0 spiro atoms. The summed E-state index contributed by atoms with van der Waals surface area (Å²) in [6.45, 7) is 15.4. The maximum Gasteiger partial charge on any atom is 0.410 e. The molecule has 0 atom stereocenters. The second kappa shape index (κ2) is 39.3. The van der Waals surface area contributed by atoms with Crippen LogP contribution in [0.2, 0.25) is 0 Å². The summed E-state index contributed by atoms with van der Waals surface area (Å²) in [5, 5.41) is 0. The van der Waals surface area contributed by atoms with Gasteiger partial charge in [-0.2, -0.15) is 8.78 Å².